The summed E-state index contributed by atoms with van der Waals surface area (Å²) in [7, 11) is 0. The van der Waals surface area contributed by atoms with Crippen LogP contribution in [0, 0.1) is 6.92 Å². The zero-order valence-electron chi connectivity index (χ0n) is 11.3. The van der Waals surface area contributed by atoms with Crippen LogP contribution in [0.2, 0.25) is 0 Å². The summed E-state index contributed by atoms with van der Waals surface area (Å²) < 4.78 is 43.1. The normalized spacial score (nSPS) is 20.2. The highest BCUT2D eigenvalue weighted by molar-refractivity contribution is 4.92. The SMILES string of the molecule is Cc1nnc(CCCN2CCC(O)(C(F)(F)F)CC2)o1. The van der Waals surface area contributed by atoms with E-state index < -0.39 is 11.8 Å². The molecule has 2 heterocycles. The van der Waals surface area contributed by atoms with Crippen molar-refractivity contribution < 1.29 is 22.7 Å². The molecule has 1 aliphatic heterocycles. The number of rotatable bonds is 4. The second kappa shape index (κ2) is 5.69. The molecule has 0 saturated carbocycles. The first-order chi connectivity index (χ1) is 9.30. The highest BCUT2D eigenvalue weighted by atomic mass is 19.4. The summed E-state index contributed by atoms with van der Waals surface area (Å²) in [5, 5.41) is 17.1. The Morgan fingerprint density at radius 3 is 2.45 bits per heavy atom. The third-order valence-electron chi connectivity index (χ3n) is 3.64. The number of halogens is 3. The summed E-state index contributed by atoms with van der Waals surface area (Å²) in [5.41, 5.74) is -2.52. The Kier molecular flexibility index (Phi) is 4.33. The van der Waals surface area contributed by atoms with Gasteiger partial charge in [0.1, 0.15) is 0 Å². The van der Waals surface area contributed by atoms with Crippen molar-refractivity contribution in [3.05, 3.63) is 11.8 Å². The van der Waals surface area contributed by atoms with Gasteiger partial charge >= 0.3 is 6.18 Å². The molecule has 1 aliphatic rings. The van der Waals surface area contributed by atoms with E-state index in [1.165, 1.54) is 0 Å². The lowest BCUT2D eigenvalue weighted by atomic mass is 9.91. The fourth-order valence-corrected chi connectivity index (χ4v) is 2.32. The van der Waals surface area contributed by atoms with Crippen LogP contribution < -0.4 is 0 Å². The number of nitrogens with zero attached hydrogens (tertiary/aromatic N) is 3. The highest BCUT2D eigenvalue weighted by Gasteiger charge is 2.54. The zero-order valence-corrected chi connectivity index (χ0v) is 11.3. The lowest BCUT2D eigenvalue weighted by Crippen LogP contribution is -2.53. The maximum Gasteiger partial charge on any atom is 0.417 e. The summed E-state index contributed by atoms with van der Waals surface area (Å²) in [6.45, 7) is 2.87. The van der Waals surface area contributed by atoms with Gasteiger partial charge in [0, 0.05) is 26.4 Å². The van der Waals surface area contributed by atoms with Gasteiger partial charge in [-0.25, -0.2) is 0 Å². The van der Waals surface area contributed by atoms with Crippen LogP contribution in [0.4, 0.5) is 13.2 Å². The molecule has 1 aromatic rings. The largest absolute Gasteiger partial charge is 0.426 e. The van der Waals surface area contributed by atoms with Gasteiger partial charge in [-0.15, -0.1) is 10.2 Å². The summed E-state index contributed by atoms with van der Waals surface area (Å²) in [4.78, 5) is 1.92. The number of alkyl halides is 3. The molecule has 0 aromatic carbocycles. The van der Waals surface area contributed by atoms with Crippen LogP contribution in [0.3, 0.4) is 0 Å². The Balaban J connectivity index is 1.72. The molecule has 1 fully saturated rings. The fraction of sp³-hybridized carbons (Fsp3) is 0.833. The third kappa shape index (κ3) is 3.49. The first-order valence-corrected chi connectivity index (χ1v) is 6.61. The average molecular weight is 293 g/mol. The highest BCUT2D eigenvalue weighted by Crippen LogP contribution is 2.38. The molecular formula is C12H18F3N3O2. The van der Waals surface area contributed by atoms with Crippen LogP contribution in [0.5, 0.6) is 0 Å². The molecule has 0 atom stereocenters. The van der Waals surface area contributed by atoms with E-state index in [9.17, 15) is 18.3 Å². The van der Waals surface area contributed by atoms with Crippen molar-refractivity contribution in [2.24, 2.45) is 0 Å². The van der Waals surface area contributed by atoms with Crippen molar-refractivity contribution in [1.82, 2.24) is 15.1 Å². The van der Waals surface area contributed by atoms with Crippen LogP contribution in [-0.2, 0) is 6.42 Å². The van der Waals surface area contributed by atoms with E-state index in [-0.39, 0.29) is 25.9 Å². The van der Waals surface area contributed by atoms with E-state index in [0.29, 0.717) is 24.7 Å². The standard InChI is InChI=1S/C12H18F3N3O2/c1-9-16-17-10(20-9)3-2-6-18-7-4-11(19,5-8-18)12(13,14)15/h19H,2-8H2,1H3. The van der Waals surface area contributed by atoms with Crippen molar-refractivity contribution in [3.8, 4) is 0 Å². The Labute approximate surface area is 114 Å². The van der Waals surface area contributed by atoms with Gasteiger partial charge in [-0.05, 0) is 25.8 Å². The molecule has 8 heteroatoms. The number of hydrogen-bond donors (Lipinski definition) is 1. The number of aryl methyl sites for hydroxylation is 2. The quantitative estimate of drug-likeness (QED) is 0.915. The first-order valence-electron chi connectivity index (χ1n) is 6.61. The lowest BCUT2D eigenvalue weighted by Gasteiger charge is -2.39. The summed E-state index contributed by atoms with van der Waals surface area (Å²) >= 11 is 0. The monoisotopic (exact) mass is 293 g/mol. The van der Waals surface area contributed by atoms with E-state index >= 15 is 0 Å². The molecule has 20 heavy (non-hydrogen) atoms. The second-order valence-corrected chi connectivity index (χ2v) is 5.19. The summed E-state index contributed by atoms with van der Waals surface area (Å²) in [5.74, 6) is 1.06. The Hall–Kier alpha value is -1.15. The van der Waals surface area contributed by atoms with Gasteiger partial charge in [0.25, 0.3) is 0 Å². The van der Waals surface area contributed by atoms with E-state index in [1.54, 1.807) is 6.92 Å². The molecule has 0 bridgehead atoms. The van der Waals surface area contributed by atoms with Gasteiger partial charge in [-0.3, -0.25) is 0 Å². The molecule has 1 N–H and O–H groups in total. The Morgan fingerprint density at radius 2 is 1.95 bits per heavy atom. The van der Waals surface area contributed by atoms with E-state index in [1.807, 2.05) is 4.90 Å². The predicted molar refractivity (Wildman–Crippen MR) is 64.0 cm³/mol. The smallest absolute Gasteiger partial charge is 0.417 e. The molecule has 1 aromatic heterocycles. The minimum Gasteiger partial charge on any atom is -0.426 e. The number of piperidine rings is 1. The number of aromatic nitrogens is 2. The van der Waals surface area contributed by atoms with Crippen molar-refractivity contribution in [3.63, 3.8) is 0 Å². The van der Waals surface area contributed by atoms with E-state index in [4.69, 9.17) is 4.42 Å². The van der Waals surface area contributed by atoms with Gasteiger partial charge < -0.3 is 14.4 Å². The van der Waals surface area contributed by atoms with Crippen molar-refractivity contribution in [1.29, 1.82) is 0 Å². The molecule has 0 unspecified atom stereocenters. The van der Waals surface area contributed by atoms with Crippen LogP contribution >= 0.6 is 0 Å². The van der Waals surface area contributed by atoms with Crippen molar-refractivity contribution in [2.75, 3.05) is 19.6 Å². The summed E-state index contributed by atoms with van der Waals surface area (Å²) in [6.07, 6.45) is -3.72. The van der Waals surface area contributed by atoms with Crippen LogP contribution in [0.15, 0.2) is 4.42 Å². The van der Waals surface area contributed by atoms with Crippen molar-refractivity contribution >= 4 is 0 Å². The Bertz CT molecular complexity index is 439. The second-order valence-electron chi connectivity index (χ2n) is 5.19. The molecule has 0 amide bonds. The molecule has 114 valence electrons. The maximum atomic E-state index is 12.6. The zero-order chi connectivity index (χ0) is 14.8. The van der Waals surface area contributed by atoms with Gasteiger partial charge in [-0.1, -0.05) is 0 Å². The van der Waals surface area contributed by atoms with Gasteiger partial charge in [0.05, 0.1) is 0 Å². The molecule has 0 aliphatic carbocycles. The number of aliphatic hydroxyl groups is 1. The van der Waals surface area contributed by atoms with E-state index in [0.717, 1.165) is 6.42 Å². The minimum atomic E-state index is -4.54. The van der Waals surface area contributed by atoms with Crippen LogP contribution in [0.25, 0.3) is 0 Å². The lowest BCUT2D eigenvalue weighted by molar-refractivity contribution is -0.272. The molecule has 1 saturated heterocycles. The van der Waals surface area contributed by atoms with Crippen LogP contribution in [-0.4, -0.2) is 51.6 Å². The Morgan fingerprint density at radius 1 is 1.30 bits per heavy atom. The van der Waals surface area contributed by atoms with Gasteiger partial charge in [0.15, 0.2) is 5.60 Å². The maximum absolute atomic E-state index is 12.6. The topological polar surface area (TPSA) is 62.4 Å². The third-order valence-corrected chi connectivity index (χ3v) is 3.64. The minimum absolute atomic E-state index is 0.249. The van der Waals surface area contributed by atoms with Gasteiger partial charge in [-0.2, -0.15) is 13.2 Å². The van der Waals surface area contributed by atoms with Crippen molar-refractivity contribution in [2.45, 2.75) is 44.4 Å². The average Bonchev–Trinajstić information content (AvgIpc) is 2.76. The van der Waals surface area contributed by atoms with Gasteiger partial charge in [0.2, 0.25) is 11.8 Å². The molecule has 0 radical (unpaired) electrons. The van der Waals surface area contributed by atoms with E-state index in [2.05, 4.69) is 10.2 Å². The first kappa shape index (κ1) is 15.2. The fourth-order valence-electron chi connectivity index (χ4n) is 2.32. The molecule has 5 nitrogen and oxygen atoms in total. The molecule has 0 spiro atoms. The molecule has 2 rings (SSSR count). The van der Waals surface area contributed by atoms with Crippen LogP contribution in [0.1, 0.15) is 31.0 Å². The number of likely N-dealkylation sites (tertiary alicyclic amines) is 1. The number of hydrogen-bond acceptors (Lipinski definition) is 5. The summed E-state index contributed by atoms with van der Waals surface area (Å²) in [6, 6.07) is 0. The predicted octanol–water partition coefficient (Wildman–Crippen LogP) is 1.70. The molecular weight excluding hydrogens is 275 g/mol.